The molecule has 0 amide bonds. The van der Waals surface area contributed by atoms with Crippen LogP contribution in [0.5, 0.6) is 0 Å². The molecule has 2 heteroatoms. The minimum absolute atomic E-state index is 0.167. The number of hydrogen-bond donors (Lipinski definition) is 1. The fourth-order valence-corrected chi connectivity index (χ4v) is 5.67. The van der Waals surface area contributed by atoms with Crippen molar-refractivity contribution in [3.8, 4) is 0 Å². The highest BCUT2D eigenvalue weighted by molar-refractivity contribution is 5.07. The van der Waals surface area contributed by atoms with E-state index in [2.05, 4.69) is 0 Å². The summed E-state index contributed by atoms with van der Waals surface area (Å²) in [4.78, 5) is 0. The Morgan fingerprint density at radius 1 is 0.944 bits per heavy atom. The Kier molecular flexibility index (Phi) is 2.58. The van der Waals surface area contributed by atoms with Crippen LogP contribution in [0.2, 0.25) is 0 Å². The first-order chi connectivity index (χ1) is 8.70. The van der Waals surface area contributed by atoms with Crippen molar-refractivity contribution in [3.63, 3.8) is 0 Å². The SMILES string of the molecule is OC1(C2CCOC3(CCCC3)C2)CC2CCC1C2. The minimum atomic E-state index is -0.317. The molecule has 0 radical (unpaired) electrons. The molecule has 4 fully saturated rings. The van der Waals surface area contributed by atoms with Crippen LogP contribution in [0.4, 0.5) is 0 Å². The monoisotopic (exact) mass is 250 g/mol. The van der Waals surface area contributed by atoms with Crippen molar-refractivity contribution in [2.24, 2.45) is 17.8 Å². The van der Waals surface area contributed by atoms with Gasteiger partial charge in [-0.15, -0.1) is 0 Å². The minimum Gasteiger partial charge on any atom is -0.389 e. The Labute approximate surface area is 110 Å². The van der Waals surface area contributed by atoms with Gasteiger partial charge < -0.3 is 9.84 Å². The molecule has 1 spiro atoms. The lowest BCUT2D eigenvalue weighted by atomic mass is 9.68. The largest absolute Gasteiger partial charge is 0.389 e. The highest BCUT2D eigenvalue weighted by atomic mass is 16.5. The van der Waals surface area contributed by atoms with Crippen molar-refractivity contribution < 1.29 is 9.84 Å². The molecule has 4 rings (SSSR count). The molecule has 3 saturated carbocycles. The second-order valence-electron chi connectivity index (χ2n) is 7.50. The van der Waals surface area contributed by atoms with Crippen molar-refractivity contribution in [2.75, 3.05) is 6.61 Å². The standard InChI is InChI=1S/C16H26O2/c17-16(10-12-3-4-13(16)9-12)14-5-8-18-15(11-14)6-1-2-7-15/h12-14,17H,1-11H2. The van der Waals surface area contributed by atoms with Gasteiger partial charge in [0.2, 0.25) is 0 Å². The second kappa shape index (κ2) is 3.96. The van der Waals surface area contributed by atoms with E-state index >= 15 is 0 Å². The summed E-state index contributed by atoms with van der Waals surface area (Å²) >= 11 is 0. The van der Waals surface area contributed by atoms with Gasteiger partial charge in [0.15, 0.2) is 0 Å². The number of aliphatic hydroxyl groups is 1. The van der Waals surface area contributed by atoms with Crippen LogP contribution in [-0.2, 0) is 4.74 Å². The zero-order valence-electron chi connectivity index (χ0n) is 11.4. The van der Waals surface area contributed by atoms with Crippen LogP contribution in [0.1, 0.15) is 64.2 Å². The summed E-state index contributed by atoms with van der Waals surface area (Å²) < 4.78 is 6.13. The van der Waals surface area contributed by atoms with E-state index in [0.29, 0.717) is 11.8 Å². The summed E-state index contributed by atoms with van der Waals surface area (Å²) in [5.74, 6) is 1.98. The molecular formula is C16H26O2. The molecule has 0 aromatic carbocycles. The molecule has 2 nitrogen and oxygen atoms in total. The van der Waals surface area contributed by atoms with Crippen molar-refractivity contribution >= 4 is 0 Å². The van der Waals surface area contributed by atoms with E-state index in [1.165, 1.54) is 44.9 Å². The van der Waals surface area contributed by atoms with Crippen LogP contribution in [0.3, 0.4) is 0 Å². The fourth-order valence-electron chi connectivity index (χ4n) is 5.67. The highest BCUT2D eigenvalue weighted by Crippen LogP contribution is 2.57. The Balaban J connectivity index is 1.54. The molecule has 1 aliphatic heterocycles. The van der Waals surface area contributed by atoms with Crippen molar-refractivity contribution in [1.29, 1.82) is 0 Å². The molecular weight excluding hydrogens is 224 g/mol. The van der Waals surface area contributed by atoms with Gasteiger partial charge in [0.25, 0.3) is 0 Å². The van der Waals surface area contributed by atoms with Gasteiger partial charge in [0.05, 0.1) is 11.2 Å². The predicted molar refractivity (Wildman–Crippen MR) is 70.3 cm³/mol. The van der Waals surface area contributed by atoms with Gasteiger partial charge >= 0.3 is 0 Å². The van der Waals surface area contributed by atoms with E-state index in [4.69, 9.17) is 4.74 Å². The maximum Gasteiger partial charge on any atom is 0.0708 e. The Bertz CT molecular complexity index is 334. The van der Waals surface area contributed by atoms with E-state index < -0.39 is 0 Å². The molecule has 4 unspecified atom stereocenters. The number of rotatable bonds is 1. The molecule has 0 aromatic rings. The topological polar surface area (TPSA) is 29.5 Å². The van der Waals surface area contributed by atoms with Crippen molar-refractivity contribution in [2.45, 2.75) is 75.4 Å². The summed E-state index contributed by atoms with van der Waals surface area (Å²) in [6.07, 6.45) is 12.5. The molecule has 0 aromatic heterocycles. The van der Waals surface area contributed by atoms with E-state index in [9.17, 15) is 5.11 Å². The number of fused-ring (bicyclic) bond motifs is 2. The zero-order valence-corrected chi connectivity index (χ0v) is 11.4. The summed E-state index contributed by atoms with van der Waals surface area (Å²) in [5.41, 5.74) is -0.150. The molecule has 1 saturated heterocycles. The van der Waals surface area contributed by atoms with Crippen molar-refractivity contribution in [1.82, 2.24) is 0 Å². The third-order valence-corrected chi connectivity index (χ3v) is 6.58. The summed E-state index contributed by atoms with van der Waals surface area (Å²) in [7, 11) is 0. The summed E-state index contributed by atoms with van der Waals surface area (Å²) in [5, 5.41) is 11.2. The molecule has 1 heterocycles. The van der Waals surface area contributed by atoms with E-state index in [0.717, 1.165) is 31.8 Å². The summed E-state index contributed by atoms with van der Waals surface area (Å²) in [6.45, 7) is 0.893. The number of ether oxygens (including phenoxy) is 1. The Morgan fingerprint density at radius 3 is 2.44 bits per heavy atom. The van der Waals surface area contributed by atoms with Gasteiger partial charge in [-0.3, -0.25) is 0 Å². The van der Waals surface area contributed by atoms with Crippen molar-refractivity contribution in [3.05, 3.63) is 0 Å². The van der Waals surface area contributed by atoms with Crippen LogP contribution in [-0.4, -0.2) is 22.9 Å². The Hall–Kier alpha value is -0.0800. The predicted octanol–water partition coefficient (Wildman–Crippen LogP) is 3.28. The van der Waals surface area contributed by atoms with Gasteiger partial charge in [-0.2, -0.15) is 0 Å². The lowest BCUT2D eigenvalue weighted by Gasteiger charge is -2.47. The maximum absolute atomic E-state index is 11.2. The third kappa shape index (κ3) is 1.61. The Morgan fingerprint density at radius 2 is 1.78 bits per heavy atom. The van der Waals surface area contributed by atoms with Crippen LogP contribution in [0.15, 0.2) is 0 Å². The van der Waals surface area contributed by atoms with Gasteiger partial charge in [-0.1, -0.05) is 12.8 Å². The first kappa shape index (κ1) is 11.7. The van der Waals surface area contributed by atoms with Crippen LogP contribution >= 0.6 is 0 Å². The third-order valence-electron chi connectivity index (χ3n) is 6.58. The maximum atomic E-state index is 11.2. The number of hydrogen-bond acceptors (Lipinski definition) is 2. The smallest absolute Gasteiger partial charge is 0.0708 e. The summed E-state index contributed by atoms with van der Waals surface area (Å²) in [6, 6.07) is 0. The van der Waals surface area contributed by atoms with Gasteiger partial charge in [-0.05, 0) is 69.1 Å². The quantitative estimate of drug-likeness (QED) is 0.774. The molecule has 1 N–H and O–H groups in total. The van der Waals surface area contributed by atoms with Gasteiger partial charge in [0.1, 0.15) is 0 Å². The molecule has 2 bridgehead atoms. The van der Waals surface area contributed by atoms with Crippen LogP contribution in [0.25, 0.3) is 0 Å². The molecule has 3 aliphatic carbocycles. The van der Waals surface area contributed by atoms with Gasteiger partial charge in [-0.25, -0.2) is 0 Å². The normalized spacial score (nSPS) is 50.2. The van der Waals surface area contributed by atoms with E-state index in [-0.39, 0.29) is 11.2 Å². The zero-order chi connectivity index (χ0) is 12.2. The van der Waals surface area contributed by atoms with Crippen LogP contribution < -0.4 is 0 Å². The van der Waals surface area contributed by atoms with Gasteiger partial charge in [0, 0.05) is 6.61 Å². The lowest BCUT2D eigenvalue weighted by Crippen LogP contribution is -2.50. The average molecular weight is 250 g/mol. The van der Waals surface area contributed by atoms with E-state index in [1.807, 2.05) is 0 Å². The lowest BCUT2D eigenvalue weighted by molar-refractivity contribution is -0.155. The van der Waals surface area contributed by atoms with E-state index in [1.54, 1.807) is 0 Å². The average Bonchev–Trinajstić information content (AvgIpc) is 3.06. The molecule has 4 atom stereocenters. The molecule has 4 aliphatic rings. The first-order valence-electron chi connectivity index (χ1n) is 8.07. The van der Waals surface area contributed by atoms with Crippen LogP contribution in [0, 0.1) is 17.8 Å². The molecule has 18 heavy (non-hydrogen) atoms. The highest BCUT2D eigenvalue weighted by Gasteiger charge is 2.56. The second-order valence-corrected chi connectivity index (χ2v) is 7.50. The first-order valence-corrected chi connectivity index (χ1v) is 8.07. The fraction of sp³-hybridized carbons (Fsp3) is 1.00. The molecule has 102 valence electrons.